The van der Waals surface area contributed by atoms with Gasteiger partial charge in [-0.05, 0) is 38.9 Å². The number of carboxylic acids is 1. The van der Waals surface area contributed by atoms with Gasteiger partial charge in [-0.15, -0.1) is 11.3 Å². The number of hydrogen-bond acceptors (Lipinski definition) is 4. The molecule has 2 rings (SSSR count). The van der Waals surface area contributed by atoms with Crippen LogP contribution in [-0.4, -0.2) is 22.6 Å². The summed E-state index contributed by atoms with van der Waals surface area (Å²) in [5.74, 6) is -0.840. The Morgan fingerprint density at radius 2 is 1.88 bits per heavy atom. The van der Waals surface area contributed by atoms with E-state index in [2.05, 4.69) is 10.3 Å². The molecule has 0 amide bonds. The molecule has 0 unspecified atom stereocenters. The summed E-state index contributed by atoms with van der Waals surface area (Å²) in [4.78, 5) is 15.4. The van der Waals surface area contributed by atoms with Crippen molar-refractivity contribution < 1.29 is 23.1 Å². The van der Waals surface area contributed by atoms with Crippen molar-refractivity contribution in [1.29, 1.82) is 0 Å². The minimum absolute atomic E-state index is 0.479. The topological polar surface area (TPSA) is 62.2 Å². The molecule has 4 nitrogen and oxygen atoms in total. The standard InChI is InChI=1S/C17H19F3N2O2S/c1-16(2,15(23)24)7-8-21-9-13-10-25-14(22-13)11-3-5-12(6-4-11)17(18,19)20/h3-6,10,21H,7-9H2,1-2H3,(H,23,24). The summed E-state index contributed by atoms with van der Waals surface area (Å²) < 4.78 is 37.7. The number of thiazole rings is 1. The van der Waals surface area contributed by atoms with Gasteiger partial charge in [0.25, 0.3) is 0 Å². The quantitative estimate of drug-likeness (QED) is 0.707. The van der Waals surface area contributed by atoms with Gasteiger partial charge in [-0.1, -0.05) is 12.1 Å². The molecular weight excluding hydrogens is 353 g/mol. The molecule has 0 atom stereocenters. The third-order valence-corrected chi connectivity index (χ3v) is 4.76. The maximum absolute atomic E-state index is 12.6. The summed E-state index contributed by atoms with van der Waals surface area (Å²) in [6.07, 6.45) is -3.86. The predicted octanol–water partition coefficient (Wildman–Crippen LogP) is 4.42. The molecule has 8 heteroatoms. The van der Waals surface area contributed by atoms with Gasteiger partial charge in [0.2, 0.25) is 0 Å². The molecule has 0 saturated heterocycles. The molecule has 1 heterocycles. The number of benzene rings is 1. The van der Waals surface area contributed by atoms with Crippen LogP contribution >= 0.6 is 11.3 Å². The molecule has 0 radical (unpaired) electrons. The number of hydrogen-bond donors (Lipinski definition) is 2. The van der Waals surface area contributed by atoms with Crippen molar-refractivity contribution in [2.24, 2.45) is 5.41 Å². The Hall–Kier alpha value is -1.93. The van der Waals surface area contributed by atoms with Crippen LogP contribution in [0.25, 0.3) is 10.6 Å². The molecule has 0 aliphatic heterocycles. The van der Waals surface area contributed by atoms with E-state index in [0.29, 0.717) is 30.1 Å². The van der Waals surface area contributed by atoms with E-state index >= 15 is 0 Å². The van der Waals surface area contributed by atoms with E-state index in [-0.39, 0.29) is 0 Å². The van der Waals surface area contributed by atoms with Crippen molar-refractivity contribution in [2.75, 3.05) is 6.54 Å². The van der Waals surface area contributed by atoms with Gasteiger partial charge in [0.15, 0.2) is 0 Å². The number of halogens is 3. The fourth-order valence-electron chi connectivity index (χ4n) is 2.05. The average molecular weight is 372 g/mol. The molecule has 2 N–H and O–H groups in total. The van der Waals surface area contributed by atoms with E-state index in [9.17, 15) is 18.0 Å². The zero-order valence-electron chi connectivity index (χ0n) is 13.9. The summed E-state index contributed by atoms with van der Waals surface area (Å²) >= 11 is 1.36. The number of rotatable bonds is 7. The van der Waals surface area contributed by atoms with Crippen molar-refractivity contribution in [3.63, 3.8) is 0 Å². The van der Waals surface area contributed by atoms with Crippen molar-refractivity contribution in [2.45, 2.75) is 33.0 Å². The second kappa shape index (κ2) is 7.53. The Labute approximate surface area is 147 Å². The van der Waals surface area contributed by atoms with Gasteiger partial charge in [0.1, 0.15) is 5.01 Å². The molecular formula is C17H19F3N2O2S. The highest BCUT2D eigenvalue weighted by Crippen LogP contribution is 2.31. The number of carboxylic acid groups (broad SMARTS) is 1. The van der Waals surface area contributed by atoms with E-state index in [1.165, 1.54) is 23.5 Å². The smallest absolute Gasteiger partial charge is 0.416 e. The Morgan fingerprint density at radius 1 is 1.24 bits per heavy atom. The Balaban J connectivity index is 1.91. The van der Waals surface area contributed by atoms with Crippen molar-refractivity contribution in [1.82, 2.24) is 10.3 Å². The van der Waals surface area contributed by atoms with Crippen LogP contribution in [0.5, 0.6) is 0 Å². The van der Waals surface area contributed by atoms with E-state index in [1.54, 1.807) is 13.8 Å². The molecule has 0 aliphatic rings. The lowest BCUT2D eigenvalue weighted by Crippen LogP contribution is -2.28. The van der Waals surface area contributed by atoms with Crippen molar-refractivity contribution in [3.8, 4) is 10.6 Å². The van der Waals surface area contributed by atoms with Crippen LogP contribution in [0.1, 0.15) is 31.5 Å². The second-order valence-corrected chi connectivity index (χ2v) is 7.19. The minimum atomic E-state index is -4.35. The van der Waals surface area contributed by atoms with E-state index in [0.717, 1.165) is 17.8 Å². The zero-order valence-corrected chi connectivity index (χ0v) is 14.7. The molecule has 0 saturated carbocycles. The highest BCUT2D eigenvalue weighted by Gasteiger charge is 2.30. The molecule has 1 aromatic carbocycles. The molecule has 0 fully saturated rings. The highest BCUT2D eigenvalue weighted by atomic mass is 32.1. The Bertz CT molecular complexity index is 724. The minimum Gasteiger partial charge on any atom is -0.481 e. The summed E-state index contributed by atoms with van der Waals surface area (Å²) in [6.45, 7) is 4.35. The van der Waals surface area contributed by atoms with Gasteiger partial charge in [0.05, 0.1) is 16.7 Å². The van der Waals surface area contributed by atoms with Crippen LogP contribution in [0.2, 0.25) is 0 Å². The summed E-state index contributed by atoms with van der Waals surface area (Å²) in [5, 5.41) is 14.7. The molecule has 136 valence electrons. The number of aromatic nitrogens is 1. The third-order valence-electron chi connectivity index (χ3n) is 3.82. The normalized spacial score (nSPS) is 12.4. The van der Waals surface area contributed by atoms with Gasteiger partial charge in [0, 0.05) is 17.5 Å². The van der Waals surface area contributed by atoms with E-state index < -0.39 is 23.1 Å². The van der Waals surface area contributed by atoms with E-state index in [1.807, 2.05) is 5.38 Å². The van der Waals surface area contributed by atoms with Gasteiger partial charge in [-0.25, -0.2) is 4.98 Å². The first-order valence-corrected chi connectivity index (χ1v) is 8.54. The zero-order chi connectivity index (χ0) is 18.7. The second-order valence-electron chi connectivity index (χ2n) is 6.33. The number of aliphatic carboxylic acids is 1. The predicted molar refractivity (Wildman–Crippen MR) is 90.3 cm³/mol. The summed E-state index contributed by atoms with van der Waals surface area (Å²) in [6, 6.07) is 4.91. The Morgan fingerprint density at radius 3 is 2.44 bits per heavy atom. The average Bonchev–Trinajstić information content (AvgIpc) is 2.99. The monoisotopic (exact) mass is 372 g/mol. The number of alkyl halides is 3. The van der Waals surface area contributed by atoms with Crippen LogP contribution in [0.3, 0.4) is 0 Å². The first-order valence-electron chi connectivity index (χ1n) is 7.66. The molecule has 0 spiro atoms. The lowest BCUT2D eigenvalue weighted by atomic mass is 9.90. The van der Waals surface area contributed by atoms with Crippen LogP contribution in [0.4, 0.5) is 13.2 Å². The molecule has 0 aliphatic carbocycles. The summed E-state index contributed by atoms with van der Waals surface area (Å²) in [5.41, 5.74) is -0.0690. The van der Waals surface area contributed by atoms with Crippen LogP contribution in [0.15, 0.2) is 29.6 Å². The fourth-order valence-corrected chi connectivity index (χ4v) is 2.87. The third kappa shape index (κ3) is 5.27. The largest absolute Gasteiger partial charge is 0.481 e. The first-order chi connectivity index (χ1) is 11.6. The summed E-state index contributed by atoms with van der Waals surface area (Å²) in [7, 11) is 0. The van der Waals surface area contributed by atoms with Crippen molar-refractivity contribution >= 4 is 17.3 Å². The lowest BCUT2D eigenvalue weighted by molar-refractivity contribution is -0.147. The van der Waals surface area contributed by atoms with Crippen LogP contribution in [-0.2, 0) is 17.5 Å². The van der Waals surface area contributed by atoms with Crippen LogP contribution < -0.4 is 5.32 Å². The fraction of sp³-hybridized carbons (Fsp3) is 0.412. The van der Waals surface area contributed by atoms with Gasteiger partial charge in [-0.3, -0.25) is 4.79 Å². The van der Waals surface area contributed by atoms with Gasteiger partial charge < -0.3 is 10.4 Å². The van der Waals surface area contributed by atoms with E-state index in [4.69, 9.17) is 5.11 Å². The maximum atomic E-state index is 12.6. The molecule has 25 heavy (non-hydrogen) atoms. The van der Waals surface area contributed by atoms with Gasteiger partial charge in [-0.2, -0.15) is 13.2 Å². The van der Waals surface area contributed by atoms with Crippen LogP contribution in [0, 0.1) is 5.41 Å². The van der Waals surface area contributed by atoms with Crippen molar-refractivity contribution in [3.05, 3.63) is 40.9 Å². The Kier molecular flexibility index (Phi) is 5.84. The number of nitrogens with one attached hydrogen (secondary N) is 1. The first kappa shape index (κ1) is 19.4. The molecule has 0 bridgehead atoms. The lowest BCUT2D eigenvalue weighted by Gasteiger charge is -2.18. The maximum Gasteiger partial charge on any atom is 0.416 e. The highest BCUT2D eigenvalue weighted by molar-refractivity contribution is 7.13. The van der Waals surface area contributed by atoms with Gasteiger partial charge >= 0.3 is 12.1 Å². The number of carbonyl (C=O) groups is 1. The SMILES string of the molecule is CC(C)(CCNCc1csc(-c2ccc(C(F)(F)F)cc2)n1)C(=O)O. The molecule has 2 aromatic rings. The number of nitrogens with zero attached hydrogens (tertiary/aromatic N) is 1. The molecule has 1 aromatic heterocycles.